The molecule has 0 radical (unpaired) electrons. The van der Waals surface area contributed by atoms with Gasteiger partial charge >= 0.3 is 5.97 Å². The Kier molecular flexibility index (Phi) is 4.95. The normalized spacial score (nSPS) is 16.3. The summed E-state index contributed by atoms with van der Waals surface area (Å²) in [5.74, 6) is -1.23. The maximum atomic E-state index is 12.0. The summed E-state index contributed by atoms with van der Waals surface area (Å²) in [4.78, 5) is 30.9. The molecule has 8 heteroatoms. The summed E-state index contributed by atoms with van der Waals surface area (Å²) in [6, 6.07) is 9.15. The number of aromatic nitrogens is 1. The summed E-state index contributed by atoms with van der Waals surface area (Å²) < 4.78 is 0. The molecule has 8 nitrogen and oxygen atoms in total. The number of rotatable bonds is 5. The second-order valence-corrected chi connectivity index (χ2v) is 6.21. The third kappa shape index (κ3) is 3.41. The molecular formula is C18H19N5O3. The number of nitrogens with one attached hydrogen (secondary N) is 1. The van der Waals surface area contributed by atoms with Crippen LogP contribution in [0.3, 0.4) is 0 Å². The number of nitrogens with zero attached hydrogens (tertiary/aromatic N) is 4. The van der Waals surface area contributed by atoms with Crippen molar-refractivity contribution in [3.8, 4) is 11.3 Å². The molecule has 2 aromatic rings. The van der Waals surface area contributed by atoms with E-state index < -0.39 is 11.5 Å². The van der Waals surface area contributed by atoms with Gasteiger partial charge in [0.1, 0.15) is 5.56 Å². The number of aromatic amines is 1. The minimum Gasteiger partial charge on any atom is -0.477 e. The number of carboxylic acid groups (broad SMARTS) is 1. The molecule has 1 saturated heterocycles. The van der Waals surface area contributed by atoms with Crippen molar-refractivity contribution in [1.29, 1.82) is 0 Å². The Balaban J connectivity index is 1.89. The average Bonchev–Trinajstić information content (AvgIpc) is 3.10. The Morgan fingerprint density at radius 3 is 2.77 bits per heavy atom. The van der Waals surface area contributed by atoms with Crippen molar-refractivity contribution in [2.75, 3.05) is 18.0 Å². The smallest absolute Gasteiger partial charge is 0.341 e. The molecule has 1 atom stereocenters. The lowest BCUT2D eigenvalue weighted by atomic mass is 10.0. The van der Waals surface area contributed by atoms with Crippen LogP contribution in [0.1, 0.15) is 29.3 Å². The van der Waals surface area contributed by atoms with E-state index in [9.17, 15) is 9.59 Å². The van der Waals surface area contributed by atoms with Gasteiger partial charge in [-0.25, -0.2) is 4.79 Å². The molecule has 0 bridgehead atoms. The van der Waals surface area contributed by atoms with E-state index >= 15 is 0 Å². The Hall–Kier alpha value is -3.25. The van der Waals surface area contributed by atoms with Crippen LogP contribution in [0.5, 0.6) is 0 Å². The number of aryl methyl sites for hydroxylation is 1. The van der Waals surface area contributed by atoms with Crippen molar-refractivity contribution in [1.82, 2.24) is 4.98 Å². The van der Waals surface area contributed by atoms with Crippen molar-refractivity contribution in [3.63, 3.8) is 0 Å². The Morgan fingerprint density at radius 1 is 1.42 bits per heavy atom. The lowest BCUT2D eigenvalue weighted by Crippen LogP contribution is -2.20. The summed E-state index contributed by atoms with van der Waals surface area (Å²) in [7, 11) is 0. The zero-order valence-corrected chi connectivity index (χ0v) is 14.3. The molecule has 1 fully saturated rings. The van der Waals surface area contributed by atoms with Crippen molar-refractivity contribution in [2.24, 2.45) is 5.11 Å². The van der Waals surface area contributed by atoms with Gasteiger partial charge in [0.25, 0.3) is 5.56 Å². The van der Waals surface area contributed by atoms with E-state index in [-0.39, 0.29) is 11.6 Å². The fourth-order valence-electron chi connectivity index (χ4n) is 3.25. The summed E-state index contributed by atoms with van der Waals surface area (Å²) in [6.45, 7) is 3.43. The largest absolute Gasteiger partial charge is 0.477 e. The molecule has 1 aliphatic rings. The summed E-state index contributed by atoms with van der Waals surface area (Å²) in [5, 5.41) is 12.9. The predicted molar refractivity (Wildman–Crippen MR) is 98.6 cm³/mol. The van der Waals surface area contributed by atoms with Crippen LogP contribution in [0, 0.1) is 0 Å². The van der Waals surface area contributed by atoms with Crippen LogP contribution in [-0.2, 0) is 6.42 Å². The first kappa shape index (κ1) is 17.6. The Bertz CT molecular complexity index is 929. The number of anilines is 1. The molecular weight excluding hydrogens is 334 g/mol. The third-order valence-corrected chi connectivity index (χ3v) is 4.63. The first-order chi connectivity index (χ1) is 12.5. The maximum Gasteiger partial charge on any atom is 0.341 e. The number of carbonyl (C=O) groups is 1. The number of carboxylic acids is 1. The van der Waals surface area contributed by atoms with Gasteiger partial charge in [-0.2, -0.15) is 0 Å². The summed E-state index contributed by atoms with van der Waals surface area (Å²) in [5.41, 5.74) is 11.0. The van der Waals surface area contributed by atoms with Crippen LogP contribution in [0.2, 0.25) is 0 Å². The standard InChI is InChI=1S/C18H19N5O3/c1-2-11-9-15(18(25)26)17(24)20-16(11)12-3-5-14(6-4-12)23-8-7-13(10-23)21-22-19/h3-6,9,13H,2,7-8,10H2,1H3,(H,20,24)(H,25,26). The van der Waals surface area contributed by atoms with Crippen molar-refractivity contribution in [3.05, 3.63) is 62.3 Å². The molecule has 1 aliphatic heterocycles. The fraction of sp³-hybridized carbons (Fsp3) is 0.333. The molecule has 0 amide bonds. The lowest BCUT2D eigenvalue weighted by Gasteiger charge is -2.18. The van der Waals surface area contributed by atoms with Crippen molar-refractivity contribution >= 4 is 11.7 Å². The number of pyridine rings is 1. The highest BCUT2D eigenvalue weighted by Gasteiger charge is 2.21. The second kappa shape index (κ2) is 7.33. The zero-order valence-electron chi connectivity index (χ0n) is 14.3. The van der Waals surface area contributed by atoms with Gasteiger partial charge in [-0.05, 0) is 47.7 Å². The molecule has 134 valence electrons. The quantitative estimate of drug-likeness (QED) is 0.487. The number of azide groups is 1. The van der Waals surface area contributed by atoms with Crippen LogP contribution in [-0.4, -0.2) is 35.2 Å². The molecule has 3 rings (SSSR count). The van der Waals surface area contributed by atoms with Crippen molar-refractivity contribution in [2.45, 2.75) is 25.8 Å². The summed E-state index contributed by atoms with van der Waals surface area (Å²) in [6.07, 6.45) is 1.43. The zero-order chi connectivity index (χ0) is 18.7. The Labute approximate surface area is 149 Å². The van der Waals surface area contributed by atoms with Crippen LogP contribution in [0.15, 0.2) is 40.2 Å². The average molecular weight is 353 g/mol. The van der Waals surface area contributed by atoms with E-state index in [4.69, 9.17) is 10.6 Å². The molecule has 0 aliphatic carbocycles. The third-order valence-electron chi connectivity index (χ3n) is 4.63. The van der Waals surface area contributed by atoms with E-state index in [1.165, 1.54) is 6.07 Å². The maximum absolute atomic E-state index is 12.0. The van der Waals surface area contributed by atoms with E-state index in [0.29, 0.717) is 18.7 Å². The minimum absolute atomic E-state index is 0.00807. The minimum atomic E-state index is -1.23. The molecule has 1 unspecified atom stereocenters. The van der Waals surface area contributed by atoms with Gasteiger partial charge in [0.15, 0.2) is 0 Å². The number of aromatic carboxylic acids is 1. The van der Waals surface area contributed by atoms with Gasteiger partial charge in [0.05, 0.1) is 11.7 Å². The van der Waals surface area contributed by atoms with E-state index in [1.54, 1.807) is 0 Å². The fourth-order valence-corrected chi connectivity index (χ4v) is 3.25. The predicted octanol–water partition coefficient (Wildman–Crippen LogP) is 3.19. The summed E-state index contributed by atoms with van der Waals surface area (Å²) >= 11 is 0. The second-order valence-electron chi connectivity index (χ2n) is 6.21. The molecule has 1 aromatic carbocycles. The number of benzene rings is 1. The van der Waals surface area contributed by atoms with Gasteiger partial charge in [0.2, 0.25) is 0 Å². The Morgan fingerprint density at radius 2 is 2.15 bits per heavy atom. The van der Waals surface area contributed by atoms with E-state index in [1.807, 2.05) is 31.2 Å². The van der Waals surface area contributed by atoms with Crippen molar-refractivity contribution < 1.29 is 9.90 Å². The number of hydrogen-bond donors (Lipinski definition) is 2. The van der Waals surface area contributed by atoms with Gasteiger partial charge < -0.3 is 15.0 Å². The van der Waals surface area contributed by atoms with Crippen LogP contribution in [0.25, 0.3) is 21.7 Å². The first-order valence-corrected chi connectivity index (χ1v) is 8.42. The monoisotopic (exact) mass is 353 g/mol. The molecule has 0 spiro atoms. The highest BCUT2D eigenvalue weighted by atomic mass is 16.4. The molecule has 26 heavy (non-hydrogen) atoms. The van der Waals surface area contributed by atoms with E-state index in [2.05, 4.69) is 19.9 Å². The highest BCUT2D eigenvalue weighted by molar-refractivity contribution is 5.88. The molecule has 0 saturated carbocycles. The van der Waals surface area contributed by atoms with Gasteiger partial charge in [-0.3, -0.25) is 4.79 Å². The number of hydrogen-bond acceptors (Lipinski definition) is 4. The van der Waals surface area contributed by atoms with Gasteiger partial charge in [-0.15, -0.1) is 0 Å². The highest BCUT2D eigenvalue weighted by Crippen LogP contribution is 2.27. The van der Waals surface area contributed by atoms with E-state index in [0.717, 1.165) is 29.8 Å². The first-order valence-electron chi connectivity index (χ1n) is 8.42. The SMILES string of the molecule is CCc1cc(C(=O)O)c(=O)[nH]c1-c1ccc(N2CCC(N=[N+]=[N-])C2)cc1. The van der Waals surface area contributed by atoms with Gasteiger partial charge in [0, 0.05) is 23.7 Å². The molecule has 2 N–H and O–H groups in total. The van der Waals surface area contributed by atoms with Crippen LogP contribution >= 0.6 is 0 Å². The van der Waals surface area contributed by atoms with Crippen LogP contribution in [0.4, 0.5) is 5.69 Å². The molecule has 1 aromatic heterocycles. The lowest BCUT2D eigenvalue weighted by molar-refractivity contribution is 0.0695. The van der Waals surface area contributed by atoms with Gasteiger partial charge in [-0.1, -0.05) is 24.2 Å². The topological polar surface area (TPSA) is 122 Å². The molecule has 2 heterocycles. The van der Waals surface area contributed by atoms with Crippen LogP contribution < -0.4 is 10.5 Å². The number of H-pyrrole nitrogens is 1.